The van der Waals surface area contributed by atoms with Crippen LogP contribution in [0.4, 0.5) is 0 Å². The number of nitrogens with zero attached hydrogens (tertiary/aromatic N) is 1. The van der Waals surface area contributed by atoms with Gasteiger partial charge in [0.05, 0.1) is 12.0 Å². The van der Waals surface area contributed by atoms with Crippen LogP contribution in [0.3, 0.4) is 0 Å². The van der Waals surface area contributed by atoms with E-state index in [0.29, 0.717) is 0 Å². The maximum Gasteiger partial charge on any atom is 0.162 e. The quantitative estimate of drug-likeness (QED) is 0.663. The van der Waals surface area contributed by atoms with E-state index < -0.39 is 0 Å². The summed E-state index contributed by atoms with van der Waals surface area (Å²) >= 11 is 1.59. The van der Waals surface area contributed by atoms with E-state index >= 15 is 0 Å². The summed E-state index contributed by atoms with van der Waals surface area (Å²) in [5.41, 5.74) is 2.08. The first-order valence-electron chi connectivity index (χ1n) is 4.89. The van der Waals surface area contributed by atoms with Gasteiger partial charge in [0.25, 0.3) is 0 Å². The molecule has 0 saturated carbocycles. The highest BCUT2D eigenvalue weighted by Gasteiger charge is 2.07. The molecule has 77 valence electrons. The molecule has 0 amide bonds. The van der Waals surface area contributed by atoms with Gasteiger partial charge >= 0.3 is 0 Å². The molecule has 0 aliphatic rings. The second kappa shape index (κ2) is 3.94. The Bertz CT molecular complexity index is 569. The highest BCUT2D eigenvalue weighted by Crippen LogP contribution is 2.28. The summed E-state index contributed by atoms with van der Waals surface area (Å²) in [6, 6.07) is 14.6. The van der Waals surface area contributed by atoms with Crippen LogP contribution in [-0.2, 0) is 0 Å². The van der Waals surface area contributed by atoms with Crippen LogP contribution in [-0.4, -0.2) is 4.98 Å². The Kier molecular flexibility index (Phi) is 2.31. The standard InChI is InChI=1S/C13H8NOS/c1-2-5-10(6-3-1)11-9-16-13(14-11)12-7-4-8-15-12/h2-9H. The van der Waals surface area contributed by atoms with Gasteiger partial charge in [-0.1, -0.05) is 24.3 Å². The predicted octanol–water partition coefficient (Wildman–Crippen LogP) is 3.87. The summed E-state index contributed by atoms with van der Waals surface area (Å²) in [4.78, 5) is 4.53. The van der Waals surface area contributed by atoms with E-state index in [1.807, 2.05) is 41.8 Å². The van der Waals surface area contributed by atoms with Gasteiger partial charge in [0.1, 0.15) is 0 Å². The molecule has 0 spiro atoms. The Hall–Kier alpha value is -1.87. The third-order valence-electron chi connectivity index (χ3n) is 2.25. The minimum Gasteiger partial charge on any atom is -0.462 e. The fourth-order valence-corrected chi connectivity index (χ4v) is 2.27. The molecule has 0 atom stereocenters. The topological polar surface area (TPSA) is 26.0 Å². The Balaban J connectivity index is 2.00. The highest BCUT2D eigenvalue weighted by molar-refractivity contribution is 7.13. The Morgan fingerprint density at radius 3 is 2.81 bits per heavy atom. The summed E-state index contributed by atoms with van der Waals surface area (Å²) in [5, 5.41) is 2.94. The molecular formula is C13H8NOS. The molecule has 3 aromatic rings. The van der Waals surface area contributed by atoms with Crippen LogP contribution < -0.4 is 0 Å². The molecule has 2 aromatic heterocycles. The minimum atomic E-state index is 0.818. The zero-order chi connectivity index (χ0) is 10.8. The number of rotatable bonds is 2. The average molecular weight is 226 g/mol. The van der Waals surface area contributed by atoms with Crippen molar-refractivity contribution in [1.82, 2.24) is 4.98 Å². The van der Waals surface area contributed by atoms with Gasteiger partial charge in [-0.15, -0.1) is 11.3 Å². The molecular weight excluding hydrogens is 218 g/mol. The van der Waals surface area contributed by atoms with E-state index in [1.54, 1.807) is 17.6 Å². The van der Waals surface area contributed by atoms with Crippen molar-refractivity contribution in [2.24, 2.45) is 0 Å². The van der Waals surface area contributed by atoms with Crippen LogP contribution in [0.1, 0.15) is 0 Å². The lowest BCUT2D eigenvalue weighted by molar-refractivity contribution is 0.582. The minimum absolute atomic E-state index is 0.818. The fraction of sp³-hybridized carbons (Fsp3) is 0. The SMILES string of the molecule is [c]1ccc(-c2csc(-c3ccco3)n2)cc1. The van der Waals surface area contributed by atoms with E-state index in [9.17, 15) is 0 Å². The van der Waals surface area contributed by atoms with Crippen LogP contribution >= 0.6 is 11.3 Å². The molecule has 0 aliphatic heterocycles. The molecule has 0 unspecified atom stereocenters. The number of hydrogen-bond donors (Lipinski definition) is 0. The molecule has 16 heavy (non-hydrogen) atoms. The van der Waals surface area contributed by atoms with E-state index in [0.717, 1.165) is 22.0 Å². The van der Waals surface area contributed by atoms with Crippen LogP contribution in [0.5, 0.6) is 0 Å². The Labute approximate surface area is 97.2 Å². The zero-order valence-electron chi connectivity index (χ0n) is 8.38. The third-order valence-corrected chi connectivity index (χ3v) is 3.11. The molecule has 0 aliphatic carbocycles. The van der Waals surface area contributed by atoms with Crippen molar-refractivity contribution in [2.75, 3.05) is 0 Å². The largest absolute Gasteiger partial charge is 0.462 e. The van der Waals surface area contributed by atoms with E-state index in [4.69, 9.17) is 4.42 Å². The molecule has 1 radical (unpaired) electrons. The third kappa shape index (κ3) is 1.66. The normalized spacial score (nSPS) is 10.5. The summed E-state index contributed by atoms with van der Waals surface area (Å²) in [6.45, 7) is 0. The second-order valence-corrected chi connectivity index (χ2v) is 4.16. The smallest absolute Gasteiger partial charge is 0.162 e. The molecule has 0 N–H and O–H groups in total. The predicted molar refractivity (Wildman–Crippen MR) is 64.1 cm³/mol. The van der Waals surface area contributed by atoms with E-state index in [-0.39, 0.29) is 0 Å². The number of hydrogen-bond acceptors (Lipinski definition) is 3. The van der Waals surface area contributed by atoms with Crippen molar-refractivity contribution in [3.05, 3.63) is 54.1 Å². The molecule has 3 rings (SSSR count). The molecule has 1 aromatic carbocycles. The van der Waals surface area contributed by atoms with E-state index in [1.165, 1.54) is 0 Å². The molecule has 3 heteroatoms. The average Bonchev–Trinajstić information content (AvgIpc) is 3.01. The van der Waals surface area contributed by atoms with Crippen LogP contribution in [0.2, 0.25) is 0 Å². The number of aromatic nitrogens is 1. The van der Waals surface area contributed by atoms with Gasteiger partial charge in [0.15, 0.2) is 10.8 Å². The molecule has 2 heterocycles. The van der Waals surface area contributed by atoms with Gasteiger partial charge in [0.2, 0.25) is 0 Å². The maximum atomic E-state index is 5.31. The van der Waals surface area contributed by atoms with Gasteiger partial charge < -0.3 is 4.42 Å². The first kappa shape index (κ1) is 9.36. The molecule has 2 nitrogen and oxygen atoms in total. The number of benzene rings is 1. The van der Waals surface area contributed by atoms with Crippen molar-refractivity contribution < 1.29 is 4.42 Å². The Morgan fingerprint density at radius 2 is 2.06 bits per heavy atom. The summed E-state index contributed by atoms with van der Waals surface area (Å²) in [7, 11) is 0. The van der Waals surface area contributed by atoms with Gasteiger partial charge in [-0.25, -0.2) is 4.98 Å². The van der Waals surface area contributed by atoms with Crippen LogP contribution in [0, 0.1) is 6.07 Å². The van der Waals surface area contributed by atoms with Gasteiger partial charge in [-0.05, 0) is 18.2 Å². The van der Waals surface area contributed by atoms with Crippen molar-refractivity contribution in [3.63, 3.8) is 0 Å². The zero-order valence-corrected chi connectivity index (χ0v) is 9.20. The summed E-state index contributed by atoms with van der Waals surface area (Å²) in [5.74, 6) is 0.818. The van der Waals surface area contributed by atoms with Crippen LogP contribution in [0.25, 0.3) is 22.0 Å². The highest BCUT2D eigenvalue weighted by atomic mass is 32.1. The van der Waals surface area contributed by atoms with Crippen LogP contribution in [0.15, 0.2) is 52.5 Å². The first-order chi connectivity index (χ1) is 7.93. The van der Waals surface area contributed by atoms with E-state index in [2.05, 4.69) is 11.1 Å². The molecule has 0 bridgehead atoms. The molecule has 0 saturated heterocycles. The van der Waals surface area contributed by atoms with Gasteiger partial charge in [-0.3, -0.25) is 0 Å². The van der Waals surface area contributed by atoms with Crippen molar-refractivity contribution in [1.29, 1.82) is 0 Å². The van der Waals surface area contributed by atoms with Crippen molar-refractivity contribution in [3.8, 4) is 22.0 Å². The lowest BCUT2D eigenvalue weighted by atomic mass is 10.2. The number of thiazole rings is 1. The number of furan rings is 1. The summed E-state index contributed by atoms with van der Waals surface area (Å²) in [6.07, 6.45) is 1.66. The second-order valence-electron chi connectivity index (χ2n) is 3.30. The monoisotopic (exact) mass is 226 g/mol. The van der Waals surface area contributed by atoms with Gasteiger partial charge in [-0.2, -0.15) is 0 Å². The lowest BCUT2D eigenvalue weighted by Gasteiger charge is -1.93. The molecule has 0 fully saturated rings. The first-order valence-corrected chi connectivity index (χ1v) is 5.77. The van der Waals surface area contributed by atoms with Crippen molar-refractivity contribution >= 4 is 11.3 Å². The van der Waals surface area contributed by atoms with Gasteiger partial charge in [0, 0.05) is 10.9 Å². The maximum absolute atomic E-state index is 5.31. The summed E-state index contributed by atoms with van der Waals surface area (Å²) < 4.78 is 5.31. The lowest BCUT2D eigenvalue weighted by Crippen LogP contribution is -1.77. The van der Waals surface area contributed by atoms with Crippen molar-refractivity contribution in [2.45, 2.75) is 0 Å². The Morgan fingerprint density at radius 1 is 1.19 bits per heavy atom. The fourth-order valence-electron chi connectivity index (χ4n) is 1.48.